The summed E-state index contributed by atoms with van der Waals surface area (Å²) in [6, 6.07) is 7.43. The number of ether oxygens (including phenoxy) is 1. The summed E-state index contributed by atoms with van der Waals surface area (Å²) in [5.74, 6) is 1.67. The van der Waals surface area contributed by atoms with Crippen molar-refractivity contribution in [3.8, 4) is 5.75 Å². The van der Waals surface area contributed by atoms with Crippen molar-refractivity contribution in [2.75, 3.05) is 33.3 Å². The first-order chi connectivity index (χ1) is 12.7. The largest absolute Gasteiger partial charge is 0.492 e. The molecule has 2 rings (SSSR count). The first-order valence-electron chi connectivity index (χ1n) is 8.89. The molecule has 1 aromatic heterocycles. The zero-order valence-corrected chi connectivity index (χ0v) is 18.9. The van der Waals surface area contributed by atoms with Crippen molar-refractivity contribution in [3.63, 3.8) is 0 Å². The molecule has 7 nitrogen and oxygen atoms in total. The highest BCUT2D eigenvalue weighted by atomic mass is 127. The van der Waals surface area contributed by atoms with Crippen LogP contribution in [0.2, 0.25) is 5.02 Å². The second-order valence-electron chi connectivity index (χ2n) is 5.87. The molecule has 0 aliphatic rings. The van der Waals surface area contributed by atoms with E-state index in [4.69, 9.17) is 16.3 Å². The van der Waals surface area contributed by atoms with Crippen LogP contribution in [0.25, 0.3) is 0 Å². The van der Waals surface area contributed by atoms with E-state index in [0.29, 0.717) is 11.6 Å². The van der Waals surface area contributed by atoms with Crippen LogP contribution in [-0.2, 0) is 6.54 Å². The van der Waals surface area contributed by atoms with Crippen LogP contribution in [0, 0.1) is 0 Å². The van der Waals surface area contributed by atoms with Crippen molar-refractivity contribution in [1.29, 1.82) is 0 Å². The van der Waals surface area contributed by atoms with Crippen LogP contribution in [0.15, 0.2) is 41.9 Å². The minimum absolute atomic E-state index is 0. The van der Waals surface area contributed by atoms with Gasteiger partial charge in [0.05, 0.1) is 6.54 Å². The van der Waals surface area contributed by atoms with Gasteiger partial charge in [-0.1, -0.05) is 17.7 Å². The molecular weight excluding hydrogens is 479 g/mol. The van der Waals surface area contributed by atoms with Crippen LogP contribution >= 0.6 is 35.6 Å². The molecule has 9 heteroatoms. The Labute approximate surface area is 183 Å². The molecule has 0 radical (unpaired) electrons. The number of nitrogens with zero attached hydrogens (tertiary/aromatic N) is 5. The quantitative estimate of drug-likeness (QED) is 0.232. The topological polar surface area (TPSA) is 67.6 Å². The maximum atomic E-state index is 5.97. The molecule has 0 saturated carbocycles. The lowest BCUT2D eigenvalue weighted by atomic mass is 10.3. The number of unbranched alkanes of at least 4 members (excludes halogenated alkanes) is 1. The van der Waals surface area contributed by atoms with Gasteiger partial charge in [-0.05, 0) is 38.0 Å². The van der Waals surface area contributed by atoms with Gasteiger partial charge in [0.25, 0.3) is 0 Å². The molecule has 150 valence electrons. The molecule has 2 aromatic rings. The molecule has 27 heavy (non-hydrogen) atoms. The fraction of sp³-hybridized carbons (Fsp3) is 0.500. The minimum Gasteiger partial charge on any atom is -0.492 e. The molecule has 0 atom stereocenters. The van der Waals surface area contributed by atoms with E-state index < -0.39 is 0 Å². The highest BCUT2D eigenvalue weighted by molar-refractivity contribution is 14.0. The van der Waals surface area contributed by atoms with Crippen LogP contribution in [0.5, 0.6) is 5.75 Å². The molecule has 0 aliphatic carbocycles. The molecule has 0 aliphatic heterocycles. The Morgan fingerprint density at radius 1 is 1.30 bits per heavy atom. The first-order valence-corrected chi connectivity index (χ1v) is 9.27. The maximum Gasteiger partial charge on any atom is 0.193 e. The van der Waals surface area contributed by atoms with Gasteiger partial charge in [0, 0.05) is 31.7 Å². The van der Waals surface area contributed by atoms with E-state index in [1.807, 2.05) is 35.9 Å². The van der Waals surface area contributed by atoms with Gasteiger partial charge in [-0.3, -0.25) is 4.99 Å². The fourth-order valence-electron chi connectivity index (χ4n) is 2.36. The van der Waals surface area contributed by atoms with Crippen molar-refractivity contribution in [1.82, 2.24) is 25.0 Å². The highest BCUT2D eigenvalue weighted by Crippen LogP contribution is 2.16. The van der Waals surface area contributed by atoms with Gasteiger partial charge >= 0.3 is 0 Å². The number of hydrogen-bond acceptors (Lipinski definition) is 4. The van der Waals surface area contributed by atoms with Gasteiger partial charge in [0.2, 0.25) is 0 Å². The molecule has 0 fully saturated rings. The number of nitrogens with one attached hydrogen (secondary N) is 1. The van der Waals surface area contributed by atoms with E-state index >= 15 is 0 Å². The minimum atomic E-state index is 0. The number of rotatable bonds is 10. The second kappa shape index (κ2) is 13.6. The van der Waals surface area contributed by atoms with E-state index in [9.17, 15) is 0 Å². The van der Waals surface area contributed by atoms with E-state index in [0.717, 1.165) is 50.7 Å². The Morgan fingerprint density at radius 3 is 2.78 bits per heavy atom. The predicted molar refractivity (Wildman–Crippen MR) is 120 cm³/mol. The Balaban J connectivity index is 0.00000364. The number of aryl methyl sites for hydroxylation is 1. The molecule has 1 N–H and O–H groups in total. The maximum absolute atomic E-state index is 5.97. The van der Waals surface area contributed by atoms with E-state index in [2.05, 4.69) is 32.3 Å². The van der Waals surface area contributed by atoms with Gasteiger partial charge < -0.3 is 19.5 Å². The smallest absolute Gasteiger partial charge is 0.193 e. The number of guanidine groups is 1. The molecule has 1 aromatic carbocycles. The third-order valence-electron chi connectivity index (χ3n) is 3.74. The normalized spacial score (nSPS) is 11.0. The van der Waals surface area contributed by atoms with Crippen molar-refractivity contribution in [3.05, 3.63) is 41.9 Å². The summed E-state index contributed by atoms with van der Waals surface area (Å²) in [6.07, 6.45) is 5.53. The SMILES string of the molecule is CCNC(=NCCCCn1cnnc1)N(C)CCOc1cccc(Cl)c1.I. The molecule has 0 bridgehead atoms. The van der Waals surface area contributed by atoms with Crippen molar-refractivity contribution in [2.24, 2.45) is 4.99 Å². The number of aliphatic imine (C=N–C) groups is 1. The number of aromatic nitrogens is 3. The lowest BCUT2D eigenvalue weighted by molar-refractivity contribution is 0.281. The molecule has 0 unspecified atom stereocenters. The highest BCUT2D eigenvalue weighted by Gasteiger charge is 2.05. The zero-order valence-electron chi connectivity index (χ0n) is 15.8. The van der Waals surface area contributed by atoms with Gasteiger partial charge in [-0.15, -0.1) is 34.2 Å². The van der Waals surface area contributed by atoms with Crippen LogP contribution in [-0.4, -0.2) is 58.9 Å². The average Bonchev–Trinajstić information content (AvgIpc) is 3.14. The lowest BCUT2D eigenvalue weighted by Gasteiger charge is -2.22. The summed E-state index contributed by atoms with van der Waals surface area (Å²) in [4.78, 5) is 6.76. The summed E-state index contributed by atoms with van der Waals surface area (Å²) in [5, 5.41) is 11.6. The summed E-state index contributed by atoms with van der Waals surface area (Å²) in [7, 11) is 2.01. The molecule has 0 spiro atoms. The summed E-state index contributed by atoms with van der Waals surface area (Å²) in [5.41, 5.74) is 0. The zero-order chi connectivity index (χ0) is 18.6. The Morgan fingerprint density at radius 2 is 2.07 bits per heavy atom. The standard InChI is InChI=1S/C18H27ClN6O.HI/c1-3-20-18(21-9-4-5-10-25-14-22-23-15-25)24(2)11-12-26-17-8-6-7-16(19)13-17;/h6-8,13-15H,3-5,9-12H2,1-2H3,(H,20,21);1H. The van der Waals surface area contributed by atoms with Gasteiger partial charge in [-0.2, -0.15) is 0 Å². The molecular formula is C18H28ClIN6O. The number of hydrogen-bond donors (Lipinski definition) is 1. The van der Waals surface area contributed by atoms with Crippen LogP contribution in [0.3, 0.4) is 0 Å². The van der Waals surface area contributed by atoms with Crippen molar-refractivity contribution < 1.29 is 4.74 Å². The summed E-state index contributed by atoms with van der Waals surface area (Å²) < 4.78 is 7.73. The average molecular weight is 507 g/mol. The van der Waals surface area contributed by atoms with E-state index in [1.165, 1.54) is 0 Å². The van der Waals surface area contributed by atoms with Gasteiger partial charge in [-0.25, -0.2) is 0 Å². The monoisotopic (exact) mass is 506 g/mol. The van der Waals surface area contributed by atoms with Crippen LogP contribution < -0.4 is 10.1 Å². The third kappa shape index (κ3) is 9.28. The second-order valence-corrected chi connectivity index (χ2v) is 6.31. The summed E-state index contributed by atoms with van der Waals surface area (Å²) >= 11 is 5.97. The third-order valence-corrected chi connectivity index (χ3v) is 3.98. The van der Waals surface area contributed by atoms with Gasteiger partial charge in [0.15, 0.2) is 5.96 Å². The molecule has 0 amide bonds. The van der Waals surface area contributed by atoms with Crippen LogP contribution in [0.1, 0.15) is 19.8 Å². The van der Waals surface area contributed by atoms with Crippen LogP contribution in [0.4, 0.5) is 0 Å². The Hall–Kier alpha value is -1.55. The Kier molecular flexibility index (Phi) is 11.8. The number of halogens is 2. The Bertz CT molecular complexity index is 668. The van der Waals surface area contributed by atoms with Crippen molar-refractivity contribution in [2.45, 2.75) is 26.3 Å². The molecule has 1 heterocycles. The molecule has 0 saturated heterocycles. The van der Waals surface area contributed by atoms with E-state index in [-0.39, 0.29) is 24.0 Å². The van der Waals surface area contributed by atoms with Crippen molar-refractivity contribution >= 4 is 41.5 Å². The van der Waals surface area contributed by atoms with E-state index in [1.54, 1.807) is 12.7 Å². The first kappa shape index (κ1) is 23.5. The van der Waals surface area contributed by atoms with Gasteiger partial charge in [0.1, 0.15) is 25.0 Å². The number of benzene rings is 1. The fourth-order valence-corrected chi connectivity index (χ4v) is 2.54. The predicted octanol–water partition coefficient (Wildman–Crippen LogP) is 3.31. The summed E-state index contributed by atoms with van der Waals surface area (Å²) in [6.45, 7) is 5.90. The number of likely N-dealkylation sites (N-methyl/N-ethyl adjacent to an activating group) is 1. The lowest BCUT2D eigenvalue weighted by Crippen LogP contribution is -2.41.